The third kappa shape index (κ3) is 3.88. The van der Waals surface area contributed by atoms with Crippen molar-refractivity contribution in [3.8, 4) is 0 Å². The molecule has 1 amide bonds. The van der Waals surface area contributed by atoms with Gasteiger partial charge in [0.25, 0.3) is 6.01 Å². The number of anilines is 2. The second kappa shape index (κ2) is 5.40. The van der Waals surface area contributed by atoms with Gasteiger partial charge in [-0.3, -0.25) is 4.79 Å². The molecule has 6 heteroatoms. The maximum absolute atomic E-state index is 11.6. The lowest BCUT2D eigenvalue weighted by molar-refractivity contribution is -0.122. The topological polar surface area (TPSA) is 93.2 Å². The van der Waals surface area contributed by atoms with Gasteiger partial charge in [0.15, 0.2) is 5.58 Å². The molecule has 0 spiro atoms. The van der Waals surface area contributed by atoms with Gasteiger partial charge in [0.05, 0.1) is 0 Å². The number of hydrogen-bond donors (Lipinski definition) is 3. The van der Waals surface area contributed by atoms with Crippen LogP contribution in [0.25, 0.3) is 11.1 Å². The van der Waals surface area contributed by atoms with Crippen molar-refractivity contribution in [2.24, 2.45) is 0 Å². The molecule has 0 atom stereocenters. The largest absolute Gasteiger partial charge is 0.424 e. The van der Waals surface area contributed by atoms with E-state index in [0.717, 1.165) is 0 Å². The third-order valence-corrected chi connectivity index (χ3v) is 2.55. The van der Waals surface area contributed by atoms with Crippen LogP contribution in [0, 0.1) is 0 Å². The molecule has 0 fully saturated rings. The van der Waals surface area contributed by atoms with E-state index in [-0.39, 0.29) is 11.4 Å². The van der Waals surface area contributed by atoms with Crippen LogP contribution in [0.3, 0.4) is 0 Å². The molecule has 2 rings (SSSR count). The Hall–Kier alpha value is -2.24. The van der Waals surface area contributed by atoms with Crippen molar-refractivity contribution in [1.29, 1.82) is 0 Å². The van der Waals surface area contributed by atoms with Crippen LogP contribution in [0.15, 0.2) is 22.6 Å². The van der Waals surface area contributed by atoms with Gasteiger partial charge in [-0.25, -0.2) is 0 Å². The molecule has 0 saturated carbocycles. The maximum atomic E-state index is 11.6. The molecule has 0 bridgehead atoms. The summed E-state index contributed by atoms with van der Waals surface area (Å²) in [5.41, 5.74) is 7.47. The van der Waals surface area contributed by atoms with Crippen molar-refractivity contribution in [3.63, 3.8) is 0 Å². The van der Waals surface area contributed by atoms with Crippen molar-refractivity contribution in [2.45, 2.75) is 32.7 Å². The zero-order valence-electron chi connectivity index (χ0n) is 12.0. The highest BCUT2D eigenvalue weighted by atomic mass is 16.4. The quantitative estimate of drug-likeness (QED) is 0.744. The minimum Gasteiger partial charge on any atom is -0.424 e. The lowest BCUT2D eigenvalue weighted by Gasteiger charge is -2.20. The molecule has 20 heavy (non-hydrogen) atoms. The van der Waals surface area contributed by atoms with Gasteiger partial charge in [-0.2, -0.15) is 4.98 Å². The van der Waals surface area contributed by atoms with Gasteiger partial charge < -0.3 is 20.8 Å². The van der Waals surface area contributed by atoms with E-state index >= 15 is 0 Å². The molecule has 1 aromatic heterocycles. The lowest BCUT2D eigenvalue weighted by atomic mass is 10.1. The monoisotopic (exact) mass is 276 g/mol. The number of carbonyl (C=O) groups excluding carboxylic acids is 1. The predicted molar refractivity (Wildman–Crippen MR) is 79.4 cm³/mol. The number of nitrogens with zero attached hydrogens (tertiary/aromatic N) is 1. The number of oxazole rings is 1. The molecule has 2 aromatic rings. The number of nitrogens with one attached hydrogen (secondary N) is 2. The summed E-state index contributed by atoms with van der Waals surface area (Å²) in [6.07, 6.45) is 0.359. The molecule has 0 unspecified atom stereocenters. The Morgan fingerprint density at radius 1 is 1.40 bits per heavy atom. The van der Waals surface area contributed by atoms with Crippen LogP contribution >= 0.6 is 0 Å². The van der Waals surface area contributed by atoms with E-state index in [1.54, 1.807) is 18.2 Å². The summed E-state index contributed by atoms with van der Waals surface area (Å²) in [5, 5.41) is 5.88. The number of aromatic nitrogens is 1. The Morgan fingerprint density at radius 3 is 2.85 bits per heavy atom. The van der Waals surface area contributed by atoms with Crippen LogP contribution in [0.1, 0.15) is 27.2 Å². The lowest BCUT2D eigenvalue weighted by Crippen LogP contribution is -2.41. The number of nitrogen functional groups attached to an aromatic ring is 1. The van der Waals surface area contributed by atoms with E-state index in [2.05, 4.69) is 15.6 Å². The second-order valence-electron chi connectivity index (χ2n) is 5.72. The van der Waals surface area contributed by atoms with E-state index in [4.69, 9.17) is 10.2 Å². The predicted octanol–water partition coefficient (Wildman–Crippen LogP) is 2.13. The third-order valence-electron chi connectivity index (χ3n) is 2.55. The fourth-order valence-electron chi connectivity index (χ4n) is 1.78. The molecule has 0 aliphatic heterocycles. The van der Waals surface area contributed by atoms with Gasteiger partial charge in [-0.1, -0.05) is 0 Å². The molecule has 1 heterocycles. The molecule has 0 radical (unpaired) electrons. The van der Waals surface area contributed by atoms with Crippen LogP contribution in [0.5, 0.6) is 0 Å². The summed E-state index contributed by atoms with van der Waals surface area (Å²) in [5.74, 6) is -0.00893. The Kier molecular flexibility index (Phi) is 3.83. The molecule has 108 valence electrons. The van der Waals surface area contributed by atoms with Crippen molar-refractivity contribution in [3.05, 3.63) is 18.2 Å². The zero-order valence-corrected chi connectivity index (χ0v) is 12.0. The molecular weight excluding hydrogens is 256 g/mol. The molecule has 0 saturated heterocycles. The van der Waals surface area contributed by atoms with Crippen molar-refractivity contribution < 1.29 is 9.21 Å². The summed E-state index contributed by atoms with van der Waals surface area (Å²) in [6.45, 7) is 6.31. The van der Waals surface area contributed by atoms with Crippen molar-refractivity contribution in [2.75, 3.05) is 17.6 Å². The maximum Gasteiger partial charge on any atom is 0.295 e. The van der Waals surface area contributed by atoms with Crippen molar-refractivity contribution in [1.82, 2.24) is 10.3 Å². The molecular formula is C14H20N4O2. The number of benzene rings is 1. The summed E-state index contributed by atoms with van der Waals surface area (Å²) in [7, 11) is 0. The average Bonchev–Trinajstić information content (AvgIpc) is 2.68. The summed E-state index contributed by atoms with van der Waals surface area (Å²) >= 11 is 0. The number of amides is 1. The van der Waals surface area contributed by atoms with Gasteiger partial charge in [0.2, 0.25) is 5.91 Å². The number of nitrogens with two attached hydrogens (primary N) is 1. The molecule has 1 aromatic carbocycles. The van der Waals surface area contributed by atoms with E-state index in [1.165, 1.54) is 0 Å². The van der Waals surface area contributed by atoms with E-state index < -0.39 is 0 Å². The zero-order chi connectivity index (χ0) is 14.8. The van der Waals surface area contributed by atoms with E-state index in [0.29, 0.717) is 35.8 Å². The Balaban J connectivity index is 1.88. The minimum absolute atomic E-state index is 0.00893. The number of fused-ring (bicyclic) bond motifs is 1. The van der Waals surface area contributed by atoms with Gasteiger partial charge in [0, 0.05) is 24.2 Å². The second-order valence-corrected chi connectivity index (χ2v) is 5.72. The van der Waals surface area contributed by atoms with E-state index in [9.17, 15) is 4.79 Å². The van der Waals surface area contributed by atoms with Gasteiger partial charge >= 0.3 is 0 Å². The normalized spacial score (nSPS) is 11.6. The highest BCUT2D eigenvalue weighted by Gasteiger charge is 2.13. The number of carbonyl (C=O) groups is 1. The Morgan fingerprint density at radius 2 is 2.15 bits per heavy atom. The molecule has 6 nitrogen and oxygen atoms in total. The Labute approximate surface area is 117 Å². The Bertz CT molecular complexity index is 613. The van der Waals surface area contributed by atoms with Gasteiger partial charge in [-0.15, -0.1) is 0 Å². The average molecular weight is 276 g/mol. The first-order valence-electron chi connectivity index (χ1n) is 6.54. The van der Waals surface area contributed by atoms with E-state index in [1.807, 2.05) is 20.8 Å². The van der Waals surface area contributed by atoms with Crippen LogP contribution in [-0.4, -0.2) is 23.0 Å². The first kappa shape index (κ1) is 14.2. The summed E-state index contributed by atoms with van der Waals surface area (Å²) < 4.78 is 5.50. The number of rotatable bonds is 4. The molecule has 0 aliphatic carbocycles. The first-order valence-corrected chi connectivity index (χ1v) is 6.54. The van der Waals surface area contributed by atoms with Gasteiger partial charge in [0.1, 0.15) is 5.52 Å². The molecule has 4 N–H and O–H groups in total. The minimum atomic E-state index is -0.216. The van der Waals surface area contributed by atoms with Crippen LogP contribution in [-0.2, 0) is 4.79 Å². The highest BCUT2D eigenvalue weighted by Crippen LogP contribution is 2.20. The van der Waals surface area contributed by atoms with Gasteiger partial charge in [-0.05, 0) is 39.0 Å². The molecule has 0 aliphatic rings. The summed E-state index contributed by atoms with van der Waals surface area (Å²) in [4.78, 5) is 15.9. The van der Waals surface area contributed by atoms with Crippen LogP contribution in [0.2, 0.25) is 0 Å². The first-order chi connectivity index (χ1) is 9.33. The van der Waals surface area contributed by atoms with Crippen LogP contribution < -0.4 is 16.4 Å². The SMILES string of the molecule is CC(C)(C)NC(=O)CCNc1nc2cc(N)ccc2o1. The smallest absolute Gasteiger partial charge is 0.295 e. The fourth-order valence-corrected chi connectivity index (χ4v) is 1.78. The van der Waals surface area contributed by atoms with Crippen LogP contribution in [0.4, 0.5) is 11.7 Å². The highest BCUT2D eigenvalue weighted by molar-refractivity contribution is 5.79. The number of hydrogen-bond acceptors (Lipinski definition) is 5. The van der Waals surface area contributed by atoms with Crippen molar-refractivity contribution >= 4 is 28.7 Å². The summed E-state index contributed by atoms with van der Waals surface area (Å²) in [6, 6.07) is 5.67. The fraction of sp³-hybridized carbons (Fsp3) is 0.429. The standard InChI is InChI=1S/C14H20N4O2/c1-14(2,3)18-12(19)6-7-16-13-17-10-8-9(15)4-5-11(10)20-13/h4-5,8H,6-7,15H2,1-3H3,(H,16,17)(H,18,19).